The molecule has 1 fully saturated rings. The summed E-state index contributed by atoms with van der Waals surface area (Å²) in [5, 5.41) is 0. The SMILES string of the molecule is NCCC1CCCN1C(=O)c1ccc(F)cc1. The molecule has 1 heterocycles. The number of benzene rings is 1. The summed E-state index contributed by atoms with van der Waals surface area (Å²) in [6, 6.07) is 5.96. The van der Waals surface area contributed by atoms with Gasteiger partial charge in [0.15, 0.2) is 0 Å². The van der Waals surface area contributed by atoms with Crippen molar-refractivity contribution >= 4 is 5.91 Å². The third kappa shape index (κ3) is 2.64. The van der Waals surface area contributed by atoms with Crippen LogP contribution in [0.2, 0.25) is 0 Å². The molecule has 1 unspecified atom stereocenters. The lowest BCUT2D eigenvalue weighted by Crippen LogP contribution is -2.36. The largest absolute Gasteiger partial charge is 0.336 e. The Morgan fingerprint density at radius 2 is 2.12 bits per heavy atom. The lowest BCUT2D eigenvalue weighted by atomic mass is 10.1. The smallest absolute Gasteiger partial charge is 0.254 e. The van der Waals surface area contributed by atoms with Gasteiger partial charge in [0.2, 0.25) is 0 Å². The first-order valence-corrected chi connectivity index (χ1v) is 5.99. The second kappa shape index (κ2) is 5.27. The van der Waals surface area contributed by atoms with E-state index in [-0.39, 0.29) is 17.8 Å². The molecule has 17 heavy (non-hydrogen) atoms. The highest BCUT2D eigenvalue weighted by molar-refractivity contribution is 5.94. The van der Waals surface area contributed by atoms with E-state index in [1.54, 1.807) is 0 Å². The molecule has 92 valence electrons. The van der Waals surface area contributed by atoms with Crippen LogP contribution >= 0.6 is 0 Å². The van der Waals surface area contributed by atoms with Gasteiger partial charge in [-0.25, -0.2) is 4.39 Å². The summed E-state index contributed by atoms with van der Waals surface area (Å²) in [5.74, 6) is -0.331. The van der Waals surface area contributed by atoms with Crippen molar-refractivity contribution in [3.63, 3.8) is 0 Å². The van der Waals surface area contributed by atoms with Gasteiger partial charge in [-0.2, -0.15) is 0 Å². The number of amides is 1. The Morgan fingerprint density at radius 3 is 2.76 bits per heavy atom. The highest BCUT2D eigenvalue weighted by atomic mass is 19.1. The summed E-state index contributed by atoms with van der Waals surface area (Å²) >= 11 is 0. The molecule has 2 rings (SSSR count). The fraction of sp³-hybridized carbons (Fsp3) is 0.462. The molecule has 0 aromatic heterocycles. The molecule has 1 aliphatic heterocycles. The maximum absolute atomic E-state index is 12.8. The van der Waals surface area contributed by atoms with Gasteiger partial charge < -0.3 is 10.6 Å². The third-order valence-corrected chi connectivity index (χ3v) is 3.23. The van der Waals surface area contributed by atoms with E-state index in [4.69, 9.17) is 5.73 Å². The van der Waals surface area contributed by atoms with E-state index in [1.165, 1.54) is 24.3 Å². The first-order chi connectivity index (χ1) is 8.22. The molecule has 0 spiro atoms. The topological polar surface area (TPSA) is 46.3 Å². The maximum Gasteiger partial charge on any atom is 0.254 e. The predicted octanol–water partition coefficient (Wildman–Crippen LogP) is 1.78. The molecule has 1 aromatic carbocycles. The summed E-state index contributed by atoms with van der Waals surface area (Å²) in [6.07, 6.45) is 2.88. The summed E-state index contributed by atoms with van der Waals surface area (Å²) < 4.78 is 12.8. The van der Waals surface area contributed by atoms with Crippen LogP contribution in [0.25, 0.3) is 0 Å². The van der Waals surface area contributed by atoms with Crippen LogP contribution < -0.4 is 5.73 Å². The Kier molecular flexibility index (Phi) is 3.74. The van der Waals surface area contributed by atoms with Gasteiger partial charge in [0.25, 0.3) is 5.91 Å². The maximum atomic E-state index is 12.8. The van der Waals surface area contributed by atoms with Crippen LogP contribution in [0.4, 0.5) is 4.39 Å². The number of likely N-dealkylation sites (tertiary alicyclic amines) is 1. The molecule has 0 bridgehead atoms. The van der Waals surface area contributed by atoms with Crippen molar-refractivity contribution < 1.29 is 9.18 Å². The molecule has 0 aliphatic carbocycles. The van der Waals surface area contributed by atoms with Gasteiger partial charge in [0.1, 0.15) is 5.82 Å². The molecule has 3 nitrogen and oxygen atoms in total. The Morgan fingerprint density at radius 1 is 1.41 bits per heavy atom. The highest BCUT2D eigenvalue weighted by Crippen LogP contribution is 2.22. The van der Waals surface area contributed by atoms with Crippen molar-refractivity contribution in [2.75, 3.05) is 13.1 Å². The van der Waals surface area contributed by atoms with Crippen molar-refractivity contribution in [3.05, 3.63) is 35.6 Å². The number of hydrogen-bond donors (Lipinski definition) is 1. The Hall–Kier alpha value is -1.42. The van der Waals surface area contributed by atoms with E-state index in [1.807, 2.05) is 4.90 Å². The standard InChI is InChI=1S/C13H17FN2O/c14-11-5-3-10(4-6-11)13(17)16-9-1-2-12(16)7-8-15/h3-6,12H,1-2,7-9,15H2. The first kappa shape index (κ1) is 12.0. The Bertz CT molecular complexity index is 391. The molecular weight excluding hydrogens is 219 g/mol. The van der Waals surface area contributed by atoms with Crippen molar-refractivity contribution in [1.29, 1.82) is 0 Å². The van der Waals surface area contributed by atoms with Crippen LogP contribution in [-0.4, -0.2) is 29.9 Å². The minimum absolute atomic E-state index is 0.0130. The summed E-state index contributed by atoms with van der Waals surface area (Å²) in [6.45, 7) is 1.37. The second-order valence-corrected chi connectivity index (χ2v) is 4.38. The van der Waals surface area contributed by atoms with Gasteiger partial charge in [0, 0.05) is 18.2 Å². The fourth-order valence-corrected chi connectivity index (χ4v) is 2.35. The van der Waals surface area contributed by atoms with Crippen LogP contribution in [0.15, 0.2) is 24.3 Å². The van der Waals surface area contributed by atoms with Crippen LogP contribution in [0.1, 0.15) is 29.6 Å². The van der Waals surface area contributed by atoms with Crippen LogP contribution in [0, 0.1) is 5.82 Å². The highest BCUT2D eigenvalue weighted by Gasteiger charge is 2.28. The molecule has 2 N–H and O–H groups in total. The Labute approximate surface area is 100 Å². The second-order valence-electron chi connectivity index (χ2n) is 4.38. The number of halogens is 1. The lowest BCUT2D eigenvalue weighted by Gasteiger charge is -2.24. The summed E-state index contributed by atoms with van der Waals surface area (Å²) in [7, 11) is 0. The molecule has 0 saturated carbocycles. The summed E-state index contributed by atoms with van der Waals surface area (Å²) in [4.78, 5) is 14.1. The molecule has 1 aromatic rings. The van der Waals surface area contributed by atoms with Crippen molar-refractivity contribution in [2.45, 2.75) is 25.3 Å². The average Bonchev–Trinajstić information content (AvgIpc) is 2.78. The molecule has 1 amide bonds. The number of carbonyl (C=O) groups is 1. The van der Waals surface area contributed by atoms with E-state index in [0.29, 0.717) is 12.1 Å². The van der Waals surface area contributed by atoms with Gasteiger partial charge in [-0.15, -0.1) is 0 Å². The molecule has 1 atom stereocenters. The van der Waals surface area contributed by atoms with Gasteiger partial charge in [-0.05, 0) is 50.1 Å². The molecule has 1 aliphatic rings. The number of rotatable bonds is 3. The van der Waals surface area contributed by atoms with Crippen molar-refractivity contribution in [1.82, 2.24) is 4.90 Å². The quantitative estimate of drug-likeness (QED) is 0.869. The fourth-order valence-electron chi connectivity index (χ4n) is 2.35. The Balaban J connectivity index is 2.11. The zero-order valence-electron chi connectivity index (χ0n) is 9.73. The third-order valence-electron chi connectivity index (χ3n) is 3.23. The van der Waals surface area contributed by atoms with Crippen molar-refractivity contribution in [3.8, 4) is 0 Å². The van der Waals surface area contributed by atoms with E-state index in [9.17, 15) is 9.18 Å². The van der Waals surface area contributed by atoms with Gasteiger partial charge in [-0.3, -0.25) is 4.79 Å². The minimum atomic E-state index is -0.318. The zero-order chi connectivity index (χ0) is 12.3. The van der Waals surface area contributed by atoms with Gasteiger partial charge >= 0.3 is 0 Å². The van der Waals surface area contributed by atoms with E-state index in [0.717, 1.165) is 25.8 Å². The van der Waals surface area contributed by atoms with E-state index >= 15 is 0 Å². The number of carbonyl (C=O) groups excluding carboxylic acids is 1. The monoisotopic (exact) mass is 236 g/mol. The van der Waals surface area contributed by atoms with E-state index in [2.05, 4.69) is 0 Å². The molecule has 4 heteroatoms. The van der Waals surface area contributed by atoms with Crippen LogP contribution in [-0.2, 0) is 0 Å². The average molecular weight is 236 g/mol. The molecule has 0 radical (unpaired) electrons. The normalized spacial score (nSPS) is 19.6. The van der Waals surface area contributed by atoms with Gasteiger partial charge in [-0.1, -0.05) is 0 Å². The predicted molar refractivity (Wildman–Crippen MR) is 64.1 cm³/mol. The number of nitrogens with two attached hydrogens (primary N) is 1. The van der Waals surface area contributed by atoms with Crippen LogP contribution in [0.3, 0.4) is 0 Å². The number of nitrogens with zero attached hydrogens (tertiary/aromatic N) is 1. The lowest BCUT2D eigenvalue weighted by molar-refractivity contribution is 0.0732. The van der Waals surface area contributed by atoms with Crippen LogP contribution in [0.5, 0.6) is 0 Å². The van der Waals surface area contributed by atoms with Gasteiger partial charge in [0.05, 0.1) is 0 Å². The minimum Gasteiger partial charge on any atom is -0.336 e. The van der Waals surface area contributed by atoms with E-state index < -0.39 is 0 Å². The zero-order valence-corrected chi connectivity index (χ0v) is 9.73. The van der Waals surface area contributed by atoms with Crippen molar-refractivity contribution in [2.24, 2.45) is 5.73 Å². The number of hydrogen-bond acceptors (Lipinski definition) is 2. The first-order valence-electron chi connectivity index (χ1n) is 5.99. The molecular formula is C13H17FN2O. The molecule has 1 saturated heterocycles. The summed E-state index contributed by atoms with van der Waals surface area (Å²) in [5.41, 5.74) is 6.09.